The van der Waals surface area contributed by atoms with E-state index in [1.54, 1.807) is 31.5 Å². The molecular weight excluding hydrogens is 517 g/mol. The average Bonchev–Trinajstić information content (AvgIpc) is 2.89. The molecule has 2 aromatic carbocycles. The van der Waals surface area contributed by atoms with Crippen LogP contribution in [0.2, 0.25) is 0 Å². The molecule has 0 bridgehead atoms. The lowest BCUT2D eigenvalue weighted by molar-refractivity contribution is -0.140. The van der Waals surface area contributed by atoms with E-state index in [2.05, 4.69) is 10.3 Å². The molecule has 7 nitrogen and oxygen atoms in total. The Balaban J connectivity index is 2.02. The summed E-state index contributed by atoms with van der Waals surface area (Å²) in [6.07, 6.45) is -1.39. The normalized spacial score (nSPS) is 12.9. The zero-order valence-corrected chi connectivity index (χ0v) is 22.0. The largest absolute Gasteiger partial charge is 0.417 e. The number of hydrogen-bond acceptors (Lipinski definition) is 5. The van der Waals surface area contributed by atoms with Crippen LogP contribution in [0, 0.1) is 6.92 Å². The van der Waals surface area contributed by atoms with Gasteiger partial charge in [0.1, 0.15) is 0 Å². The van der Waals surface area contributed by atoms with Crippen LogP contribution >= 0.6 is 0 Å². The van der Waals surface area contributed by atoms with Gasteiger partial charge in [-0.05, 0) is 66.8 Å². The molecule has 1 heterocycles. The number of nitrogens with one attached hydrogen (secondary N) is 1. The van der Waals surface area contributed by atoms with E-state index < -0.39 is 32.7 Å². The Kier molecular flexibility index (Phi) is 9.64. The summed E-state index contributed by atoms with van der Waals surface area (Å²) < 4.78 is 69.9. The molecule has 1 atom stereocenters. The molecule has 0 saturated heterocycles. The van der Waals surface area contributed by atoms with Gasteiger partial charge in [-0.3, -0.25) is 9.78 Å². The first-order chi connectivity index (χ1) is 18.0. The van der Waals surface area contributed by atoms with Crippen molar-refractivity contribution in [3.05, 3.63) is 83.7 Å². The summed E-state index contributed by atoms with van der Waals surface area (Å²) in [6, 6.07) is 12.3. The number of aromatic nitrogens is 1. The summed E-state index contributed by atoms with van der Waals surface area (Å²) >= 11 is 0. The molecular formula is C27H31F3N4O3S. The fourth-order valence-electron chi connectivity index (χ4n) is 4.20. The van der Waals surface area contributed by atoms with Gasteiger partial charge in [-0.1, -0.05) is 30.3 Å². The third-order valence-electron chi connectivity index (χ3n) is 6.16. The first-order valence-electron chi connectivity index (χ1n) is 12.1. The molecule has 0 spiro atoms. The summed E-state index contributed by atoms with van der Waals surface area (Å²) in [4.78, 5) is 15.3. The number of carbonyl (C=O) groups excluding carboxylic acids is 1. The number of nitrogens with two attached hydrogens (primary N) is 1. The summed E-state index contributed by atoms with van der Waals surface area (Å²) in [5, 5.41) is 2.61. The number of sulfonamides is 1. The van der Waals surface area contributed by atoms with Crippen LogP contribution in [0.5, 0.6) is 0 Å². The Hall–Kier alpha value is -3.28. The molecule has 0 aliphatic carbocycles. The molecule has 3 N–H and O–H groups in total. The minimum atomic E-state index is -4.86. The van der Waals surface area contributed by atoms with Crippen molar-refractivity contribution in [1.29, 1.82) is 0 Å². The van der Waals surface area contributed by atoms with Crippen molar-refractivity contribution in [2.45, 2.75) is 43.8 Å². The molecule has 38 heavy (non-hydrogen) atoms. The number of aryl methyl sites for hydroxylation is 1. The lowest BCUT2D eigenvalue weighted by Gasteiger charge is -2.30. The van der Waals surface area contributed by atoms with Crippen LogP contribution in [-0.2, 0) is 21.0 Å². The summed E-state index contributed by atoms with van der Waals surface area (Å²) in [5.74, 6) is -0.314. The van der Waals surface area contributed by atoms with Crippen LogP contribution in [0.1, 0.15) is 42.5 Å². The van der Waals surface area contributed by atoms with Crippen molar-refractivity contribution < 1.29 is 26.4 Å². The highest BCUT2D eigenvalue weighted by atomic mass is 32.2. The molecule has 0 aliphatic heterocycles. The van der Waals surface area contributed by atoms with Gasteiger partial charge in [0.05, 0.1) is 10.5 Å². The first-order valence-corrected chi connectivity index (χ1v) is 13.6. The summed E-state index contributed by atoms with van der Waals surface area (Å²) in [6.45, 7) is 3.90. The van der Waals surface area contributed by atoms with Crippen molar-refractivity contribution in [2.24, 2.45) is 5.73 Å². The molecule has 3 aromatic rings. The summed E-state index contributed by atoms with van der Waals surface area (Å²) in [5.41, 5.74) is 7.40. The third kappa shape index (κ3) is 6.97. The SMILES string of the molecule is Cc1cnccc1-c1cccc(C(C)N(CCCC(=O)NCCN)S(=O)(=O)c2ccccc2C(F)(F)F)c1. The van der Waals surface area contributed by atoms with E-state index in [1.807, 2.05) is 25.1 Å². The second-order valence-corrected chi connectivity index (χ2v) is 10.7. The number of halogens is 3. The maximum absolute atomic E-state index is 13.8. The van der Waals surface area contributed by atoms with E-state index in [0.717, 1.165) is 39.2 Å². The highest BCUT2D eigenvalue weighted by Crippen LogP contribution is 2.38. The highest BCUT2D eigenvalue weighted by molar-refractivity contribution is 7.89. The summed E-state index contributed by atoms with van der Waals surface area (Å²) in [7, 11) is -4.61. The molecule has 0 saturated carbocycles. The van der Waals surface area contributed by atoms with Gasteiger partial charge in [0.25, 0.3) is 0 Å². The van der Waals surface area contributed by atoms with Crippen molar-refractivity contribution in [2.75, 3.05) is 19.6 Å². The van der Waals surface area contributed by atoms with Crippen LogP contribution in [-0.4, -0.2) is 43.2 Å². The van der Waals surface area contributed by atoms with Gasteiger partial charge in [0.15, 0.2) is 0 Å². The zero-order chi connectivity index (χ0) is 27.9. The number of hydrogen-bond donors (Lipinski definition) is 2. The quantitative estimate of drug-likeness (QED) is 0.362. The van der Waals surface area contributed by atoms with E-state index in [9.17, 15) is 26.4 Å². The van der Waals surface area contributed by atoms with E-state index in [-0.39, 0.29) is 38.4 Å². The van der Waals surface area contributed by atoms with Crippen molar-refractivity contribution in [1.82, 2.24) is 14.6 Å². The van der Waals surface area contributed by atoms with Crippen molar-refractivity contribution in [3.8, 4) is 11.1 Å². The third-order valence-corrected chi connectivity index (χ3v) is 8.19. The van der Waals surface area contributed by atoms with E-state index in [0.29, 0.717) is 5.56 Å². The van der Waals surface area contributed by atoms with Crippen molar-refractivity contribution >= 4 is 15.9 Å². The predicted octanol–water partition coefficient (Wildman–Crippen LogP) is 4.68. The minimum Gasteiger partial charge on any atom is -0.355 e. The number of carbonyl (C=O) groups is 1. The molecule has 1 unspecified atom stereocenters. The Morgan fingerprint density at radius 2 is 1.87 bits per heavy atom. The smallest absolute Gasteiger partial charge is 0.355 e. The van der Waals surface area contributed by atoms with Gasteiger partial charge in [0, 0.05) is 44.5 Å². The maximum atomic E-state index is 13.8. The van der Waals surface area contributed by atoms with Gasteiger partial charge in [0.2, 0.25) is 15.9 Å². The molecule has 204 valence electrons. The topological polar surface area (TPSA) is 105 Å². The van der Waals surface area contributed by atoms with E-state index >= 15 is 0 Å². The van der Waals surface area contributed by atoms with Gasteiger partial charge in [-0.15, -0.1) is 0 Å². The van der Waals surface area contributed by atoms with Crippen LogP contribution in [0.4, 0.5) is 13.2 Å². The monoisotopic (exact) mass is 548 g/mol. The average molecular weight is 549 g/mol. The fourth-order valence-corrected chi connectivity index (χ4v) is 6.07. The van der Waals surface area contributed by atoms with Crippen LogP contribution in [0.3, 0.4) is 0 Å². The van der Waals surface area contributed by atoms with Crippen LogP contribution in [0.15, 0.2) is 71.9 Å². The first kappa shape index (κ1) is 29.3. The Morgan fingerprint density at radius 3 is 2.55 bits per heavy atom. The molecule has 0 radical (unpaired) electrons. The number of nitrogens with zero attached hydrogens (tertiary/aromatic N) is 2. The molecule has 3 rings (SSSR count). The molecule has 0 fully saturated rings. The lowest BCUT2D eigenvalue weighted by Crippen LogP contribution is -2.36. The molecule has 1 amide bonds. The second kappa shape index (κ2) is 12.5. The number of pyridine rings is 1. The highest BCUT2D eigenvalue weighted by Gasteiger charge is 2.40. The van der Waals surface area contributed by atoms with Gasteiger partial charge >= 0.3 is 6.18 Å². The Bertz CT molecular complexity index is 1360. The van der Waals surface area contributed by atoms with Gasteiger partial charge in [-0.2, -0.15) is 17.5 Å². The van der Waals surface area contributed by atoms with E-state index in [1.165, 1.54) is 6.07 Å². The van der Waals surface area contributed by atoms with E-state index in [4.69, 9.17) is 5.73 Å². The molecule has 11 heteroatoms. The minimum absolute atomic E-state index is 0.00406. The van der Waals surface area contributed by atoms with Crippen LogP contribution in [0.25, 0.3) is 11.1 Å². The Labute approximate surface area is 220 Å². The Morgan fingerprint density at radius 1 is 1.13 bits per heavy atom. The van der Waals surface area contributed by atoms with Crippen molar-refractivity contribution in [3.63, 3.8) is 0 Å². The zero-order valence-electron chi connectivity index (χ0n) is 21.2. The molecule has 0 aliphatic rings. The number of amides is 1. The number of benzene rings is 2. The van der Waals surface area contributed by atoms with Crippen LogP contribution < -0.4 is 11.1 Å². The van der Waals surface area contributed by atoms with Gasteiger partial charge in [-0.25, -0.2) is 8.42 Å². The molecule has 1 aromatic heterocycles. The maximum Gasteiger partial charge on any atom is 0.417 e. The predicted molar refractivity (Wildman–Crippen MR) is 139 cm³/mol. The number of alkyl halides is 3. The van der Waals surface area contributed by atoms with Gasteiger partial charge < -0.3 is 11.1 Å². The number of rotatable bonds is 11. The lowest BCUT2D eigenvalue weighted by atomic mass is 9.98. The standard InChI is InChI=1S/C27H31F3N4O3S/c1-19-18-32-14-12-23(19)22-8-5-7-21(17-22)20(2)34(16-6-11-26(35)33-15-13-31)38(36,37)25-10-4-3-9-24(25)27(28,29)30/h3-5,7-10,12,14,17-18,20H,6,11,13,15-16,31H2,1-2H3,(H,33,35). The second-order valence-electron chi connectivity index (χ2n) is 8.84. The fraction of sp³-hybridized carbons (Fsp3) is 0.333.